The molecule has 5 heteroatoms. The Labute approximate surface area is 155 Å². The molecule has 0 fully saturated rings. The van der Waals surface area contributed by atoms with E-state index in [1.54, 1.807) is 24.3 Å². The molecule has 4 rings (SSSR count). The van der Waals surface area contributed by atoms with E-state index >= 15 is 0 Å². The maximum absolute atomic E-state index is 12.5. The van der Waals surface area contributed by atoms with Crippen LogP contribution < -0.4 is 9.47 Å². The average Bonchev–Trinajstić information content (AvgIpc) is 3.32. The van der Waals surface area contributed by atoms with Gasteiger partial charge in [0.2, 0.25) is 11.5 Å². The number of hydrogen-bond acceptors (Lipinski definition) is 5. The summed E-state index contributed by atoms with van der Waals surface area (Å²) in [6, 6.07) is 15.7. The summed E-state index contributed by atoms with van der Waals surface area (Å²) >= 11 is 0. The summed E-state index contributed by atoms with van der Waals surface area (Å²) in [4.78, 5) is 24.5. The van der Waals surface area contributed by atoms with Crippen LogP contribution in [-0.2, 0) is 6.42 Å². The van der Waals surface area contributed by atoms with Crippen LogP contribution in [0.15, 0.2) is 71.0 Å². The Balaban J connectivity index is 1.54. The smallest absolute Gasteiger partial charge is 0.379 e. The molecule has 3 aromatic rings. The second-order valence-corrected chi connectivity index (χ2v) is 6.06. The summed E-state index contributed by atoms with van der Waals surface area (Å²) in [5.41, 5.74) is 2.54. The molecule has 2 aromatic carbocycles. The molecule has 0 aliphatic carbocycles. The Kier molecular flexibility index (Phi) is 4.34. The Morgan fingerprint density at radius 2 is 1.93 bits per heavy atom. The molecule has 27 heavy (non-hydrogen) atoms. The molecular weight excluding hydrogens is 344 g/mol. The van der Waals surface area contributed by atoms with Gasteiger partial charge in [-0.15, -0.1) is 0 Å². The highest BCUT2D eigenvalue weighted by Gasteiger charge is 2.28. The van der Waals surface area contributed by atoms with E-state index in [9.17, 15) is 9.59 Å². The molecule has 0 saturated carbocycles. The van der Waals surface area contributed by atoms with Crippen LogP contribution in [0, 0.1) is 0 Å². The van der Waals surface area contributed by atoms with Gasteiger partial charge in [-0.2, -0.15) is 0 Å². The number of allylic oxidation sites excluding steroid dienone is 1. The van der Waals surface area contributed by atoms with Crippen molar-refractivity contribution in [3.63, 3.8) is 0 Å². The number of furan rings is 1. The second-order valence-electron chi connectivity index (χ2n) is 6.06. The van der Waals surface area contributed by atoms with Crippen molar-refractivity contribution in [2.24, 2.45) is 0 Å². The van der Waals surface area contributed by atoms with Crippen LogP contribution in [0.5, 0.6) is 11.5 Å². The molecule has 2 heterocycles. The van der Waals surface area contributed by atoms with E-state index < -0.39 is 5.97 Å². The van der Waals surface area contributed by atoms with Crippen LogP contribution in [0.4, 0.5) is 0 Å². The molecule has 0 saturated heterocycles. The van der Waals surface area contributed by atoms with E-state index in [-0.39, 0.29) is 23.1 Å². The first-order chi connectivity index (χ1) is 13.1. The molecule has 0 amide bonds. The van der Waals surface area contributed by atoms with Gasteiger partial charge in [0.15, 0.2) is 5.76 Å². The fraction of sp³-hybridized carbons (Fsp3) is 0.0909. The minimum Gasteiger partial charge on any atom is -0.457 e. The fourth-order valence-corrected chi connectivity index (χ4v) is 2.78. The van der Waals surface area contributed by atoms with Gasteiger partial charge in [0, 0.05) is 6.07 Å². The van der Waals surface area contributed by atoms with Gasteiger partial charge in [-0.25, -0.2) is 4.79 Å². The monoisotopic (exact) mass is 360 g/mol. The van der Waals surface area contributed by atoms with Gasteiger partial charge in [0.1, 0.15) is 11.5 Å². The Morgan fingerprint density at radius 1 is 1.11 bits per heavy atom. The number of carbonyl (C=O) groups is 2. The lowest BCUT2D eigenvalue weighted by molar-refractivity contribution is 0.0701. The number of carbonyl (C=O) groups excluding carboxylic acids is 2. The van der Waals surface area contributed by atoms with Gasteiger partial charge >= 0.3 is 5.97 Å². The van der Waals surface area contributed by atoms with Gasteiger partial charge in [0.25, 0.3) is 0 Å². The number of hydrogen-bond donors (Lipinski definition) is 0. The molecule has 1 aromatic heterocycles. The third-order valence-electron chi connectivity index (χ3n) is 4.26. The van der Waals surface area contributed by atoms with Crippen molar-refractivity contribution in [1.29, 1.82) is 0 Å². The van der Waals surface area contributed by atoms with Crippen LogP contribution >= 0.6 is 0 Å². The Bertz CT molecular complexity index is 1030. The highest BCUT2D eigenvalue weighted by Crippen LogP contribution is 2.35. The standard InChI is InChI=1S/C22H16O5/c1-2-14-5-7-15(8-6-14)12-20-21(23)17-10-9-16(13-19(17)27-20)26-22(24)18-4-3-11-25-18/h3-13H,2H2,1H3. The first kappa shape index (κ1) is 16.8. The van der Waals surface area contributed by atoms with E-state index in [1.807, 2.05) is 24.3 Å². The topological polar surface area (TPSA) is 65.7 Å². The number of esters is 1. The zero-order valence-corrected chi connectivity index (χ0v) is 14.6. The van der Waals surface area contributed by atoms with Crippen LogP contribution in [0.25, 0.3) is 6.08 Å². The Hall–Kier alpha value is -3.60. The van der Waals surface area contributed by atoms with E-state index in [2.05, 4.69) is 6.92 Å². The molecule has 5 nitrogen and oxygen atoms in total. The van der Waals surface area contributed by atoms with Crippen LogP contribution in [0.2, 0.25) is 0 Å². The van der Waals surface area contributed by atoms with Crippen LogP contribution in [0.3, 0.4) is 0 Å². The maximum atomic E-state index is 12.5. The van der Waals surface area contributed by atoms with Crippen molar-refractivity contribution in [3.8, 4) is 11.5 Å². The predicted molar refractivity (Wildman–Crippen MR) is 98.9 cm³/mol. The summed E-state index contributed by atoms with van der Waals surface area (Å²) in [6.45, 7) is 2.09. The van der Waals surface area contributed by atoms with Crippen molar-refractivity contribution >= 4 is 17.8 Å². The summed E-state index contributed by atoms with van der Waals surface area (Å²) in [7, 11) is 0. The lowest BCUT2D eigenvalue weighted by atomic mass is 10.1. The molecule has 1 aliphatic heterocycles. The van der Waals surface area contributed by atoms with Crippen LogP contribution in [-0.4, -0.2) is 11.8 Å². The quantitative estimate of drug-likeness (QED) is 0.384. The summed E-state index contributed by atoms with van der Waals surface area (Å²) in [6.07, 6.45) is 4.05. The first-order valence-electron chi connectivity index (χ1n) is 8.57. The SMILES string of the molecule is CCc1ccc(C=C2Oc3cc(OC(=O)c4ccco4)ccc3C2=O)cc1. The number of fused-ring (bicyclic) bond motifs is 1. The highest BCUT2D eigenvalue weighted by molar-refractivity contribution is 6.14. The van der Waals surface area contributed by atoms with E-state index in [4.69, 9.17) is 13.9 Å². The van der Waals surface area contributed by atoms with Gasteiger partial charge in [-0.1, -0.05) is 31.2 Å². The van der Waals surface area contributed by atoms with Gasteiger partial charge < -0.3 is 13.9 Å². The normalized spacial score (nSPS) is 14.1. The number of ether oxygens (including phenoxy) is 2. The third kappa shape index (κ3) is 3.40. The van der Waals surface area contributed by atoms with E-state index in [0.29, 0.717) is 11.3 Å². The first-order valence-corrected chi connectivity index (χ1v) is 8.57. The molecule has 134 valence electrons. The predicted octanol–water partition coefficient (Wildman–Crippen LogP) is 4.68. The minimum atomic E-state index is -0.615. The van der Waals surface area contributed by atoms with Crippen molar-refractivity contribution in [2.75, 3.05) is 0 Å². The van der Waals surface area contributed by atoms with Gasteiger partial charge in [0.05, 0.1) is 11.8 Å². The Morgan fingerprint density at radius 3 is 2.63 bits per heavy atom. The lowest BCUT2D eigenvalue weighted by Gasteiger charge is -2.04. The minimum absolute atomic E-state index is 0.101. The largest absolute Gasteiger partial charge is 0.457 e. The average molecular weight is 360 g/mol. The van der Waals surface area contributed by atoms with Crippen molar-refractivity contribution in [3.05, 3.63) is 89.1 Å². The molecule has 0 N–H and O–H groups in total. The van der Waals surface area contributed by atoms with Crippen molar-refractivity contribution in [1.82, 2.24) is 0 Å². The van der Waals surface area contributed by atoms with E-state index in [1.165, 1.54) is 24.0 Å². The molecule has 1 aliphatic rings. The highest BCUT2D eigenvalue weighted by atomic mass is 16.5. The molecule has 0 atom stereocenters. The number of ketones is 1. The molecule has 0 bridgehead atoms. The lowest BCUT2D eigenvalue weighted by Crippen LogP contribution is -2.07. The second kappa shape index (κ2) is 6.96. The number of aryl methyl sites for hydroxylation is 1. The van der Waals surface area contributed by atoms with Gasteiger partial charge in [-0.05, 0) is 47.9 Å². The maximum Gasteiger partial charge on any atom is 0.379 e. The zero-order valence-electron chi connectivity index (χ0n) is 14.6. The zero-order chi connectivity index (χ0) is 18.8. The van der Waals surface area contributed by atoms with Crippen molar-refractivity contribution in [2.45, 2.75) is 13.3 Å². The summed E-state index contributed by atoms with van der Waals surface area (Å²) < 4.78 is 16.0. The molecule has 0 radical (unpaired) electrons. The molecular formula is C22H16O5. The van der Waals surface area contributed by atoms with Crippen LogP contribution in [0.1, 0.15) is 39.0 Å². The number of rotatable bonds is 4. The van der Waals surface area contributed by atoms with E-state index in [0.717, 1.165) is 12.0 Å². The van der Waals surface area contributed by atoms with Gasteiger partial charge in [-0.3, -0.25) is 4.79 Å². The molecule has 0 unspecified atom stereocenters. The molecule has 0 spiro atoms. The summed E-state index contributed by atoms with van der Waals surface area (Å²) in [5, 5.41) is 0. The van der Waals surface area contributed by atoms with Crippen molar-refractivity contribution < 1.29 is 23.5 Å². The third-order valence-corrected chi connectivity index (χ3v) is 4.26. The fourth-order valence-electron chi connectivity index (χ4n) is 2.78. The summed E-state index contributed by atoms with van der Waals surface area (Å²) in [5.74, 6) is 0.162. The number of Topliss-reactive ketones (excluding diaryl/α,β-unsaturated/α-hetero) is 1. The number of benzene rings is 2.